The number of nitrogens with zero attached hydrogens (tertiary/aromatic N) is 4. The smallest absolute Gasteiger partial charge is 0.224 e. The number of carbonyl (C=O) groups is 1. The van der Waals surface area contributed by atoms with E-state index in [9.17, 15) is 9.90 Å². The molecule has 188 valence electrons. The molecule has 1 aromatic heterocycles. The topological polar surface area (TPSA) is 143 Å². The zero-order valence-electron chi connectivity index (χ0n) is 20.8. The fourth-order valence-electron chi connectivity index (χ4n) is 3.84. The van der Waals surface area contributed by atoms with Crippen LogP contribution in [-0.2, 0) is 4.79 Å². The van der Waals surface area contributed by atoms with Crippen LogP contribution in [0.1, 0.15) is 47.0 Å². The van der Waals surface area contributed by atoms with E-state index < -0.39 is 5.60 Å². The molecule has 6 N–H and O–H groups in total. The number of allylic oxidation sites excluding steroid dienone is 1. The minimum Gasteiger partial charge on any atom is -0.402 e. The van der Waals surface area contributed by atoms with Gasteiger partial charge in [0.15, 0.2) is 11.0 Å². The third kappa shape index (κ3) is 7.97. The van der Waals surface area contributed by atoms with Gasteiger partial charge in [-0.2, -0.15) is 0 Å². The molecule has 2 aromatic rings. The molecule has 1 fully saturated rings. The Balaban J connectivity index is 1.86. The molecule has 1 aliphatic rings. The number of aromatic nitrogens is 2. The number of benzene rings is 1. The van der Waals surface area contributed by atoms with Gasteiger partial charge in [-0.25, -0.2) is 15.0 Å². The van der Waals surface area contributed by atoms with Crippen molar-refractivity contribution < 1.29 is 9.90 Å². The molecule has 0 unspecified atom stereocenters. The Labute approximate surface area is 211 Å². The van der Waals surface area contributed by atoms with Gasteiger partial charge in [-0.05, 0) is 81.6 Å². The Morgan fingerprint density at radius 1 is 1.26 bits per heavy atom. The first-order valence-electron chi connectivity index (χ1n) is 11.8. The van der Waals surface area contributed by atoms with E-state index in [2.05, 4.69) is 20.2 Å². The van der Waals surface area contributed by atoms with Gasteiger partial charge < -0.3 is 26.8 Å². The van der Waals surface area contributed by atoms with Crippen LogP contribution in [0, 0.1) is 5.92 Å². The first-order valence-corrected chi connectivity index (χ1v) is 12.6. The van der Waals surface area contributed by atoms with E-state index >= 15 is 0 Å². The van der Waals surface area contributed by atoms with Gasteiger partial charge in [0, 0.05) is 41.9 Å². The maximum absolute atomic E-state index is 11.6. The minimum absolute atomic E-state index is 0.0309. The number of nitrogens with two attached hydrogens (primary N) is 2. The summed E-state index contributed by atoms with van der Waals surface area (Å²) in [7, 11) is 0. The quantitative estimate of drug-likeness (QED) is 0.245. The second-order valence-corrected chi connectivity index (χ2v) is 10.3. The van der Waals surface area contributed by atoms with Crippen molar-refractivity contribution in [2.24, 2.45) is 22.4 Å². The number of carbonyl (C=O) groups excluding carboxylic acids is 1. The molecule has 0 atom stereocenters. The molecule has 0 saturated carbocycles. The summed E-state index contributed by atoms with van der Waals surface area (Å²) in [6.07, 6.45) is 3.76. The normalized spacial score (nSPS) is 15.9. The molecule has 0 radical (unpaired) electrons. The monoisotopic (exact) mass is 497 g/mol. The van der Waals surface area contributed by atoms with Gasteiger partial charge in [0.1, 0.15) is 11.7 Å². The molecule has 0 aliphatic carbocycles. The number of anilines is 2. The molecule has 1 amide bonds. The number of rotatable bonds is 8. The highest BCUT2D eigenvalue weighted by atomic mass is 32.2. The fourth-order valence-corrected chi connectivity index (χ4v) is 4.60. The summed E-state index contributed by atoms with van der Waals surface area (Å²) >= 11 is 1.41. The van der Waals surface area contributed by atoms with Crippen LogP contribution in [0.4, 0.5) is 17.3 Å². The van der Waals surface area contributed by atoms with Gasteiger partial charge in [0.25, 0.3) is 0 Å². The Hall–Kier alpha value is -3.11. The number of hydrogen-bond acceptors (Lipinski definition) is 8. The lowest BCUT2D eigenvalue weighted by molar-refractivity contribution is -0.115. The molecular weight excluding hydrogens is 462 g/mol. The highest BCUT2D eigenvalue weighted by molar-refractivity contribution is 7.99. The summed E-state index contributed by atoms with van der Waals surface area (Å²) in [5, 5.41) is 13.8. The summed E-state index contributed by atoms with van der Waals surface area (Å²) in [4.78, 5) is 28.5. The van der Waals surface area contributed by atoms with Crippen LogP contribution in [0.15, 0.2) is 57.1 Å². The van der Waals surface area contributed by atoms with E-state index in [0.717, 1.165) is 42.3 Å². The predicted molar refractivity (Wildman–Crippen MR) is 142 cm³/mol. The maximum atomic E-state index is 11.6. The number of amides is 1. The summed E-state index contributed by atoms with van der Waals surface area (Å²) in [6.45, 7) is 8.86. The zero-order valence-corrected chi connectivity index (χ0v) is 21.6. The molecule has 9 nitrogen and oxygen atoms in total. The van der Waals surface area contributed by atoms with E-state index in [1.807, 2.05) is 51.1 Å². The molecule has 3 rings (SSSR count). The highest BCUT2D eigenvalue weighted by Gasteiger charge is 2.31. The number of piperidine rings is 1. The van der Waals surface area contributed by atoms with Gasteiger partial charge in [0.05, 0.1) is 5.60 Å². The van der Waals surface area contributed by atoms with E-state index in [1.165, 1.54) is 11.8 Å². The Bertz CT molecular complexity index is 1080. The molecule has 0 bridgehead atoms. The largest absolute Gasteiger partial charge is 0.402 e. The number of aliphatic hydroxyl groups is 1. The molecule has 1 aromatic carbocycles. The first kappa shape index (κ1) is 26.5. The van der Waals surface area contributed by atoms with E-state index in [4.69, 9.17) is 16.5 Å². The molecule has 0 spiro atoms. The van der Waals surface area contributed by atoms with Crippen LogP contribution in [0.3, 0.4) is 0 Å². The van der Waals surface area contributed by atoms with E-state index in [1.54, 1.807) is 13.0 Å². The van der Waals surface area contributed by atoms with Crippen LogP contribution in [0.2, 0.25) is 0 Å². The van der Waals surface area contributed by atoms with Crippen LogP contribution in [0.5, 0.6) is 0 Å². The van der Waals surface area contributed by atoms with Crippen LogP contribution >= 0.6 is 11.8 Å². The molecule has 1 aliphatic heterocycles. The third-order valence-electron chi connectivity index (χ3n) is 5.78. The maximum Gasteiger partial charge on any atom is 0.224 e. The van der Waals surface area contributed by atoms with Crippen molar-refractivity contribution in [1.29, 1.82) is 0 Å². The minimum atomic E-state index is -0.697. The van der Waals surface area contributed by atoms with Crippen molar-refractivity contribution >= 4 is 40.8 Å². The average Bonchev–Trinajstić information content (AvgIpc) is 2.79. The van der Waals surface area contributed by atoms with Crippen molar-refractivity contribution in [2.45, 2.75) is 62.6 Å². The Kier molecular flexibility index (Phi) is 8.74. The standard InChI is InChI=1S/C25H35N7O2S/c1-5-23(33)28-18-6-8-19(9-7-18)35-24-30-21(29-20(27)14-16(2)26)15-22(31-24)32-12-10-17(11-13-32)25(3,4)34/h6-9,14-15,17,34H,5,10-13,26H2,1-4H3,(H,28,33)(H2,27,29,30,31). The van der Waals surface area contributed by atoms with Crippen LogP contribution in [-0.4, -0.2) is 45.5 Å². The fraction of sp³-hybridized carbons (Fsp3) is 0.440. The molecule has 35 heavy (non-hydrogen) atoms. The van der Waals surface area contributed by atoms with Crippen molar-refractivity contribution in [3.05, 3.63) is 42.1 Å². The lowest BCUT2D eigenvalue weighted by Crippen LogP contribution is -2.42. The summed E-state index contributed by atoms with van der Waals surface area (Å²) < 4.78 is 0. The number of hydrogen-bond donors (Lipinski definition) is 4. The summed E-state index contributed by atoms with van der Waals surface area (Å²) in [6, 6.07) is 9.36. The van der Waals surface area contributed by atoms with Crippen molar-refractivity contribution in [1.82, 2.24) is 9.97 Å². The predicted octanol–water partition coefficient (Wildman–Crippen LogP) is 3.81. The van der Waals surface area contributed by atoms with E-state index in [-0.39, 0.29) is 17.7 Å². The molecule has 1 saturated heterocycles. The Morgan fingerprint density at radius 3 is 2.49 bits per heavy atom. The van der Waals surface area contributed by atoms with Gasteiger partial charge in [-0.3, -0.25) is 4.79 Å². The Morgan fingerprint density at radius 2 is 1.91 bits per heavy atom. The molecular formula is C25H35N7O2S. The van der Waals surface area contributed by atoms with Gasteiger partial charge in [-0.1, -0.05) is 6.92 Å². The van der Waals surface area contributed by atoms with Gasteiger partial charge in [0.2, 0.25) is 5.91 Å². The number of amidine groups is 1. The van der Waals surface area contributed by atoms with E-state index in [0.29, 0.717) is 23.1 Å². The lowest BCUT2D eigenvalue weighted by atomic mass is 9.83. The highest BCUT2D eigenvalue weighted by Crippen LogP contribution is 2.33. The lowest BCUT2D eigenvalue weighted by Gasteiger charge is -2.38. The molecule has 2 heterocycles. The zero-order chi connectivity index (χ0) is 25.6. The summed E-state index contributed by atoms with van der Waals surface area (Å²) in [5.41, 5.74) is 12.4. The first-order chi connectivity index (χ1) is 16.5. The number of nitrogens with one attached hydrogen (secondary N) is 1. The van der Waals surface area contributed by atoms with Gasteiger partial charge in [-0.15, -0.1) is 0 Å². The number of aliphatic imine (C=N–C) groups is 1. The average molecular weight is 498 g/mol. The van der Waals surface area contributed by atoms with Crippen molar-refractivity contribution in [3.8, 4) is 0 Å². The second-order valence-electron chi connectivity index (χ2n) is 9.24. The van der Waals surface area contributed by atoms with Gasteiger partial charge >= 0.3 is 0 Å². The summed E-state index contributed by atoms with van der Waals surface area (Å²) in [5.74, 6) is 1.69. The van der Waals surface area contributed by atoms with Crippen LogP contribution < -0.4 is 21.7 Å². The second kappa shape index (κ2) is 11.5. The third-order valence-corrected chi connectivity index (χ3v) is 6.66. The molecule has 10 heteroatoms. The SMILES string of the molecule is CCC(=O)Nc1ccc(Sc2nc(N=C(N)C=C(C)N)cc(N3CCC(C(C)(C)O)CC3)n2)cc1. The van der Waals surface area contributed by atoms with Crippen LogP contribution in [0.25, 0.3) is 0 Å². The van der Waals surface area contributed by atoms with Crippen molar-refractivity contribution in [2.75, 3.05) is 23.3 Å². The van der Waals surface area contributed by atoms with Crippen molar-refractivity contribution in [3.63, 3.8) is 0 Å².